The van der Waals surface area contributed by atoms with Gasteiger partial charge in [0.2, 0.25) is 0 Å². The molecule has 0 aliphatic heterocycles. The number of aliphatic hydroxyl groups is 1. The molecule has 0 amide bonds. The first kappa shape index (κ1) is 21.9. The molecule has 3 fully saturated rings. The summed E-state index contributed by atoms with van der Waals surface area (Å²) in [5, 5.41) is 10.7. The van der Waals surface area contributed by atoms with Crippen LogP contribution in [0.5, 0.6) is 0 Å². The number of fused-ring (bicyclic) bond motifs is 5. The highest BCUT2D eigenvalue weighted by atomic mass is 16.3. The van der Waals surface area contributed by atoms with Gasteiger partial charge in [0, 0.05) is 25.3 Å². The van der Waals surface area contributed by atoms with Gasteiger partial charge in [-0.25, -0.2) is 0 Å². The first-order chi connectivity index (χ1) is 15.1. The maximum Gasteiger partial charge on any atom is 0.173 e. The first-order valence-corrected chi connectivity index (χ1v) is 12.4. The van der Waals surface area contributed by atoms with E-state index in [0.717, 1.165) is 44.2 Å². The van der Waals surface area contributed by atoms with Crippen molar-refractivity contribution in [2.45, 2.75) is 64.9 Å². The van der Waals surface area contributed by atoms with Gasteiger partial charge in [-0.1, -0.05) is 19.4 Å². The normalized spacial score (nSPS) is 40.7. The molecule has 0 saturated heterocycles. The quantitative estimate of drug-likeness (QED) is 0.533. The second-order valence-electron chi connectivity index (χ2n) is 11.6. The minimum atomic E-state index is -0.574. The zero-order valence-corrected chi connectivity index (χ0v) is 19.9. The maximum absolute atomic E-state index is 13.4. The lowest BCUT2D eigenvalue weighted by Gasteiger charge is -2.58. The summed E-state index contributed by atoms with van der Waals surface area (Å²) < 4.78 is 0. The number of hydrogen-bond acceptors (Lipinski definition) is 4. The molecule has 0 spiro atoms. The van der Waals surface area contributed by atoms with Crippen LogP contribution in [-0.2, 0) is 4.79 Å². The average Bonchev–Trinajstić information content (AvgIpc) is 3.08. The van der Waals surface area contributed by atoms with Crippen LogP contribution >= 0.6 is 0 Å². The Labute approximate surface area is 192 Å². The Hall–Kier alpha value is -1.94. The summed E-state index contributed by atoms with van der Waals surface area (Å²) in [4.78, 5) is 28.5. The van der Waals surface area contributed by atoms with Crippen molar-refractivity contribution in [2.75, 3.05) is 19.0 Å². The van der Waals surface area contributed by atoms with Gasteiger partial charge in [-0.15, -0.1) is 0 Å². The molecule has 0 bridgehead atoms. The van der Waals surface area contributed by atoms with Crippen molar-refractivity contribution in [3.05, 3.63) is 41.5 Å². The third-order valence-corrected chi connectivity index (χ3v) is 9.96. The van der Waals surface area contributed by atoms with Crippen LogP contribution in [0.4, 0.5) is 5.69 Å². The third-order valence-electron chi connectivity index (χ3n) is 9.96. The minimum Gasteiger partial charge on any atom is -0.393 e. The number of Topliss-reactive ketones (excluding diaryl/α,β-unsaturated/α-hetero) is 1. The number of carbonyl (C=O) groups excluding carboxylic acids is 2. The molecule has 1 aromatic carbocycles. The summed E-state index contributed by atoms with van der Waals surface area (Å²) in [5.74, 6) is 1.06. The third kappa shape index (κ3) is 3.13. The number of hydrogen-bond donors (Lipinski definition) is 1. The van der Waals surface area contributed by atoms with Crippen molar-refractivity contribution in [1.82, 2.24) is 0 Å². The fourth-order valence-corrected chi connectivity index (χ4v) is 7.96. The summed E-state index contributed by atoms with van der Waals surface area (Å²) in [7, 11) is 3.96. The number of carbonyl (C=O) groups is 2. The largest absolute Gasteiger partial charge is 0.393 e. The summed E-state index contributed by atoms with van der Waals surface area (Å²) in [6, 6.07) is 7.63. The van der Waals surface area contributed by atoms with Gasteiger partial charge >= 0.3 is 0 Å². The lowest BCUT2D eigenvalue weighted by atomic mass is 9.46. The van der Waals surface area contributed by atoms with E-state index in [-0.39, 0.29) is 28.5 Å². The summed E-state index contributed by atoms with van der Waals surface area (Å²) in [6.45, 7) is 4.62. The molecule has 5 rings (SSSR count). The van der Waals surface area contributed by atoms with Crippen LogP contribution in [0.2, 0.25) is 0 Å². The van der Waals surface area contributed by atoms with Gasteiger partial charge in [0.25, 0.3) is 0 Å². The summed E-state index contributed by atoms with van der Waals surface area (Å²) in [6.07, 6.45) is 8.58. The standard InChI is InChI=1S/C28H37NO3/c1-27-14-13-23-20(22(27)11-12-25(27)31)10-7-18-15-24(30)21(16-28(18,23)2)26(32)17-5-8-19(9-6-17)29(3)4/h5-6,8-9,15,20-23,25,31H,7,10-14,16H2,1-4H3/t20-,21?,22-,23+,25?,27-,28-/m0/s1. The topological polar surface area (TPSA) is 57.6 Å². The van der Waals surface area contributed by atoms with Crippen LogP contribution in [0.15, 0.2) is 35.9 Å². The van der Waals surface area contributed by atoms with E-state index in [0.29, 0.717) is 29.7 Å². The Morgan fingerprint density at radius 1 is 1.03 bits per heavy atom. The van der Waals surface area contributed by atoms with Crippen molar-refractivity contribution in [1.29, 1.82) is 0 Å². The van der Waals surface area contributed by atoms with Crippen LogP contribution < -0.4 is 4.90 Å². The number of rotatable bonds is 3. The average molecular weight is 436 g/mol. The molecule has 3 saturated carbocycles. The second kappa shape index (κ2) is 7.55. The molecule has 32 heavy (non-hydrogen) atoms. The first-order valence-electron chi connectivity index (χ1n) is 12.4. The van der Waals surface area contributed by atoms with Crippen molar-refractivity contribution in [3.8, 4) is 0 Å². The molecule has 4 aliphatic rings. The molecule has 4 heteroatoms. The maximum atomic E-state index is 13.4. The van der Waals surface area contributed by atoms with Gasteiger partial charge in [0.1, 0.15) is 0 Å². The highest BCUT2D eigenvalue weighted by Gasteiger charge is 2.59. The van der Waals surface area contributed by atoms with Crippen LogP contribution in [0.3, 0.4) is 0 Å². The highest BCUT2D eigenvalue weighted by molar-refractivity contribution is 6.14. The molecular formula is C28H37NO3. The molecule has 4 nitrogen and oxygen atoms in total. The van der Waals surface area contributed by atoms with E-state index in [1.807, 2.05) is 49.3 Å². The number of benzene rings is 1. The Kier molecular flexibility index (Phi) is 5.16. The predicted molar refractivity (Wildman–Crippen MR) is 127 cm³/mol. The van der Waals surface area contributed by atoms with E-state index >= 15 is 0 Å². The van der Waals surface area contributed by atoms with Crippen LogP contribution in [0.1, 0.15) is 69.2 Å². The van der Waals surface area contributed by atoms with Crippen molar-refractivity contribution < 1.29 is 14.7 Å². The fraction of sp³-hybridized carbons (Fsp3) is 0.643. The van der Waals surface area contributed by atoms with E-state index in [2.05, 4.69) is 13.8 Å². The van der Waals surface area contributed by atoms with Gasteiger partial charge in [0.05, 0.1) is 12.0 Å². The van der Waals surface area contributed by atoms with Gasteiger partial charge in [-0.05, 0) is 104 Å². The Bertz CT molecular complexity index is 963. The van der Waals surface area contributed by atoms with Gasteiger partial charge < -0.3 is 10.0 Å². The van der Waals surface area contributed by atoms with Crippen molar-refractivity contribution in [3.63, 3.8) is 0 Å². The minimum absolute atomic E-state index is 0.00505. The van der Waals surface area contributed by atoms with E-state index in [9.17, 15) is 14.7 Å². The van der Waals surface area contributed by atoms with Gasteiger partial charge in [0.15, 0.2) is 11.6 Å². The van der Waals surface area contributed by atoms with Crippen molar-refractivity contribution >= 4 is 17.3 Å². The Morgan fingerprint density at radius 2 is 1.75 bits per heavy atom. The van der Waals surface area contributed by atoms with Gasteiger partial charge in [-0.2, -0.15) is 0 Å². The van der Waals surface area contributed by atoms with E-state index in [1.165, 1.54) is 5.57 Å². The molecule has 1 N–H and O–H groups in total. The Morgan fingerprint density at radius 3 is 2.44 bits per heavy atom. The lowest BCUT2D eigenvalue weighted by molar-refractivity contribution is -0.121. The number of nitrogens with zero attached hydrogens (tertiary/aromatic N) is 1. The summed E-state index contributed by atoms with van der Waals surface area (Å²) in [5.41, 5.74) is 2.92. The smallest absolute Gasteiger partial charge is 0.173 e. The molecule has 1 aromatic rings. The molecule has 4 aliphatic carbocycles. The molecule has 2 unspecified atom stereocenters. The lowest BCUT2D eigenvalue weighted by Crippen LogP contribution is -2.52. The van der Waals surface area contributed by atoms with E-state index in [4.69, 9.17) is 0 Å². The summed E-state index contributed by atoms with van der Waals surface area (Å²) >= 11 is 0. The highest BCUT2D eigenvalue weighted by Crippen LogP contribution is 2.65. The van der Waals surface area contributed by atoms with E-state index in [1.54, 1.807) is 0 Å². The number of aliphatic hydroxyl groups excluding tert-OH is 1. The van der Waals surface area contributed by atoms with Crippen LogP contribution in [-0.4, -0.2) is 36.9 Å². The fourth-order valence-electron chi connectivity index (χ4n) is 7.96. The van der Waals surface area contributed by atoms with Crippen LogP contribution in [0.25, 0.3) is 0 Å². The SMILES string of the molecule is CN(C)c1ccc(C(=O)C2C[C@@]3(C)C(=CC2=O)CC[C@@H]2[C@H]3CC[C@]3(C)C(O)CC[C@@H]23)cc1. The van der Waals surface area contributed by atoms with Crippen molar-refractivity contribution in [2.24, 2.45) is 34.5 Å². The zero-order valence-electron chi connectivity index (χ0n) is 19.9. The number of ketones is 2. The van der Waals surface area contributed by atoms with Gasteiger partial charge in [-0.3, -0.25) is 9.59 Å². The molecule has 0 heterocycles. The second-order valence-corrected chi connectivity index (χ2v) is 11.6. The zero-order chi connectivity index (χ0) is 22.8. The number of allylic oxidation sites excluding steroid dienone is 1. The predicted octanol–water partition coefficient (Wildman–Crippen LogP) is 5.05. The molecular weight excluding hydrogens is 398 g/mol. The molecule has 7 atom stereocenters. The van der Waals surface area contributed by atoms with E-state index < -0.39 is 5.92 Å². The number of anilines is 1. The molecule has 172 valence electrons. The molecule has 0 radical (unpaired) electrons. The van der Waals surface area contributed by atoms with Crippen LogP contribution in [0, 0.1) is 34.5 Å². The monoisotopic (exact) mass is 435 g/mol. The Balaban J connectivity index is 1.43. The molecule has 0 aromatic heterocycles.